The lowest BCUT2D eigenvalue weighted by molar-refractivity contribution is -0.0187. The molecule has 1 rings (SSSR count). The molecule has 0 unspecified atom stereocenters. The average molecular weight is 333 g/mol. The van der Waals surface area contributed by atoms with Gasteiger partial charge < -0.3 is 14.6 Å². The van der Waals surface area contributed by atoms with Crippen LogP contribution in [0.5, 0.6) is 0 Å². The van der Waals surface area contributed by atoms with Gasteiger partial charge in [0.15, 0.2) is 0 Å². The number of hydrogen-bond acceptors (Lipinski definition) is 4. The lowest BCUT2D eigenvalue weighted by atomic mass is 10.1. The SMILES string of the molecule is CCCCCCCc1cc(C)cc(=O)n1OCOP(=O)(O)O. The Morgan fingerprint density at radius 2 is 1.86 bits per heavy atom. The van der Waals surface area contributed by atoms with Gasteiger partial charge in [-0.2, -0.15) is 0 Å². The molecule has 1 aromatic rings. The summed E-state index contributed by atoms with van der Waals surface area (Å²) >= 11 is 0. The van der Waals surface area contributed by atoms with Crippen LogP contribution in [0, 0.1) is 6.92 Å². The third-order valence-corrected chi connectivity index (χ3v) is 3.59. The third-order valence-electron chi connectivity index (χ3n) is 3.15. The van der Waals surface area contributed by atoms with Crippen molar-refractivity contribution in [2.75, 3.05) is 6.79 Å². The van der Waals surface area contributed by atoms with Crippen molar-refractivity contribution in [3.63, 3.8) is 0 Å². The summed E-state index contributed by atoms with van der Waals surface area (Å²) in [5.41, 5.74) is 1.12. The summed E-state index contributed by atoms with van der Waals surface area (Å²) in [5.74, 6) is 0. The van der Waals surface area contributed by atoms with E-state index in [1.807, 2.05) is 13.0 Å². The normalized spacial score (nSPS) is 11.6. The van der Waals surface area contributed by atoms with Gasteiger partial charge in [-0.05, 0) is 31.4 Å². The van der Waals surface area contributed by atoms with E-state index in [2.05, 4.69) is 11.4 Å². The fourth-order valence-corrected chi connectivity index (χ4v) is 2.32. The summed E-state index contributed by atoms with van der Waals surface area (Å²) in [6, 6.07) is 3.23. The molecule has 0 saturated heterocycles. The molecule has 0 fully saturated rings. The Balaban J connectivity index is 2.69. The highest BCUT2D eigenvalue weighted by Crippen LogP contribution is 2.35. The number of nitrogens with zero attached hydrogens (tertiary/aromatic N) is 1. The first-order chi connectivity index (χ1) is 10.3. The van der Waals surface area contributed by atoms with E-state index in [4.69, 9.17) is 14.6 Å². The molecule has 0 aliphatic carbocycles. The molecule has 0 atom stereocenters. The average Bonchev–Trinajstić information content (AvgIpc) is 2.40. The van der Waals surface area contributed by atoms with Crippen LogP contribution in [-0.4, -0.2) is 21.3 Å². The number of phosphoric acid groups is 1. The highest BCUT2D eigenvalue weighted by Gasteiger charge is 2.15. The van der Waals surface area contributed by atoms with E-state index in [1.54, 1.807) is 0 Å². The Kier molecular flexibility index (Phi) is 7.82. The minimum atomic E-state index is -4.62. The monoisotopic (exact) mass is 333 g/mol. The molecule has 0 amide bonds. The van der Waals surface area contributed by atoms with Crippen molar-refractivity contribution in [3.05, 3.63) is 33.7 Å². The minimum absolute atomic E-state index is 0.377. The molecule has 1 aromatic heterocycles. The van der Waals surface area contributed by atoms with Gasteiger partial charge in [0.1, 0.15) is 0 Å². The molecule has 0 spiro atoms. The number of aryl methyl sites for hydroxylation is 2. The second kappa shape index (κ2) is 9.10. The third kappa shape index (κ3) is 7.22. The summed E-state index contributed by atoms with van der Waals surface area (Å²) in [4.78, 5) is 34.3. The predicted octanol–water partition coefficient (Wildman–Crippen LogP) is 2.17. The maximum absolute atomic E-state index is 11.9. The van der Waals surface area contributed by atoms with Crippen molar-refractivity contribution >= 4 is 7.82 Å². The van der Waals surface area contributed by atoms with Gasteiger partial charge in [0, 0.05) is 6.07 Å². The van der Waals surface area contributed by atoms with Crippen LogP contribution in [0.25, 0.3) is 0 Å². The van der Waals surface area contributed by atoms with E-state index in [9.17, 15) is 9.36 Å². The van der Waals surface area contributed by atoms with Crippen molar-refractivity contribution in [1.29, 1.82) is 0 Å². The first-order valence-electron chi connectivity index (χ1n) is 7.39. The molecule has 8 heteroatoms. The fraction of sp³-hybridized carbons (Fsp3) is 0.643. The molecule has 126 valence electrons. The maximum Gasteiger partial charge on any atom is 0.472 e. The van der Waals surface area contributed by atoms with Gasteiger partial charge in [-0.3, -0.25) is 4.79 Å². The van der Waals surface area contributed by atoms with E-state index in [-0.39, 0.29) is 5.56 Å². The van der Waals surface area contributed by atoms with Gasteiger partial charge in [0.2, 0.25) is 6.79 Å². The van der Waals surface area contributed by atoms with E-state index in [0.29, 0.717) is 12.1 Å². The molecule has 0 bridgehead atoms. The van der Waals surface area contributed by atoms with Gasteiger partial charge in [-0.25, -0.2) is 9.09 Å². The van der Waals surface area contributed by atoms with Crippen LogP contribution in [0.4, 0.5) is 0 Å². The molecule has 0 radical (unpaired) electrons. The number of hydrogen-bond donors (Lipinski definition) is 2. The lowest BCUT2D eigenvalue weighted by Gasteiger charge is -2.14. The Bertz CT molecular complexity index is 565. The molecule has 0 aromatic carbocycles. The van der Waals surface area contributed by atoms with Crippen LogP contribution in [0.2, 0.25) is 0 Å². The topological polar surface area (TPSA) is 98.0 Å². The van der Waals surface area contributed by atoms with E-state index < -0.39 is 14.6 Å². The van der Waals surface area contributed by atoms with Crippen LogP contribution in [-0.2, 0) is 15.5 Å². The van der Waals surface area contributed by atoms with Crippen LogP contribution < -0.4 is 10.4 Å². The summed E-state index contributed by atoms with van der Waals surface area (Å²) in [7, 11) is -4.62. The second-order valence-electron chi connectivity index (χ2n) is 5.19. The molecular formula is C14H24NO6P. The van der Waals surface area contributed by atoms with Crippen molar-refractivity contribution < 1.29 is 23.7 Å². The molecule has 0 aliphatic rings. The molecule has 22 heavy (non-hydrogen) atoms. The van der Waals surface area contributed by atoms with Gasteiger partial charge >= 0.3 is 7.82 Å². The van der Waals surface area contributed by atoms with Crippen LogP contribution in [0.15, 0.2) is 16.9 Å². The minimum Gasteiger partial charge on any atom is -0.381 e. The predicted molar refractivity (Wildman–Crippen MR) is 82.5 cm³/mol. The number of aromatic nitrogens is 1. The van der Waals surface area contributed by atoms with Crippen molar-refractivity contribution in [3.8, 4) is 0 Å². The number of phosphoric ester groups is 1. The highest BCUT2D eigenvalue weighted by molar-refractivity contribution is 7.46. The Morgan fingerprint density at radius 3 is 2.50 bits per heavy atom. The zero-order valence-electron chi connectivity index (χ0n) is 13.0. The fourth-order valence-electron chi connectivity index (χ4n) is 2.13. The first-order valence-corrected chi connectivity index (χ1v) is 8.92. The Hall–Kier alpha value is -1.14. The van der Waals surface area contributed by atoms with E-state index in [0.717, 1.165) is 36.0 Å². The highest BCUT2D eigenvalue weighted by atomic mass is 31.2. The molecule has 1 heterocycles. The molecule has 0 aliphatic heterocycles. The van der Waals surface area contributed by atoms with Gasteiger partial charge in [-0.1, -0.05) is 32.6 Å². The summed E-state index contributed by atoms with van der Waals surface area (Å²) in [6.07, 6.45) is 6.15. The van der Waals surface area contributed by atoms with Crippen molar-refractivity contribution in [1.82, 2.24) is 4.73 Å². The van der Waals surface area contributed by atoms with Gasteiger partial charge in [0.25, 0.3) is 5.56 Å². The molecular weight excluding hydrogens is 309 g/mol. The van der Waals surface area contributed by atoms with Crippen molar-refractivity contribution in [2.24, 2.45) is 0 Å². The summed E-state index contributed by atoms with van der Waals surface area (Å²) < 4.78 is 15.9. The lowest BCUT2D eigenvalue weighted by Crippen LogP contribution is -2.30. The number of rotatable bonds is 10. The zero-order valence-corrected chi connectivity index (χ0v) is 13.9. The number of unbranched alkanes of at least 4 members (excludes halogenated alkanes) is 4. The zero-order chi connectivity index (χ0) is 16.6. The van der Waals surface area contributed by atoms with E-state index >= 15 is 0 Å². The van der Waals surface area contributed by atoms with Gasteiger partial charge in [0.05, 0.1) is 5.69 Å². The Labute approximate surface area is 130 Å². The number of pyridine rings is 1. The molecule has 7 nitrogen and oxygen atoms in total. The van der Waals surface area contributed by atoms with Crippen LogP contribution >= 0.6 is 7.82 Å². The van der Waals surface area contributed by atoms with Crippen LogP contribution in [0.3, 0.4) is 0 Å². The summed E-state index contributed by atoms with van der Waals surface area (Å²) in [5, 5.41) is 0. The standard InChI is InChI=1S/C14H24NO6P/c1-3-4-5-6-7-8-13-9-12(2)10-14(16)15(13)20-11-21-22(17,18)19/h9-10H,3-8,11H2,1-2H3,(H2,17,18,19). The summed E-state index contributed by atoms with van der Waals surface area (Å²) in [6.45, 7) is 3.28. The van der Waals surface area contributed by atoms with Gasteiger partial charge in [-0.15, -0.1) is 4.73 Å². The quantitative estimate of drug-likeness (QED) is 0.387. The van der Waals surface area contributed by atoms with Crippen LogP contribution in [0.1, 0.15) is 50.3 Å². The van der Waals surface area contributed by atoms with Crippen molar-refractivity contribution in [2.45, 2.75) is 52.4 Å². The maximum atomic E-state index is 11.9. The smallest absolute Gasteiger partial charge is 0.381 e. The molecule has 0 saturated carbocycles. The second-order valence-corrected chi connectivity index (χ2v) is 6.43. The largest absolute Gasteiger partial charge is 0.472 e. The molecule has 2 N–H and O–H groups in total. The Morgan fingerprint density at radius 1 is 1.18 bits per heavy atom. The van der Waals surface area contributed by atoms with E-state index in [1.165, 1.54) is 12.5 Å². The first kappa shape index (κ1) is 18.9.